The van der Waals surface area contributed by atoms with E-state index < -0.39 is 0 Å². The molecule has 17 heavy (non-hydrogen) atoms. The molecule has 0 aliphatic carbocycles. The highest BCUT2D eigenvalue weighted by atomic mass is 79.9. The van der Waals surface area contributed by atoms with E-state index in [1.54, 1.807) is 0 Å². The average Bonchev–Trinajstić information content (AvgIpc) is 2.29. The van der Waals surface area contributed by atoms with Crippen LogP contribution in [0.15, 0.2) is 24.3 Å². The molecule has 1 nitrogen and oxygen atoms in total. The van der Waals surface area contributed by atoms with Gasteiger partial charge >= 0.3 is 0 Å². The fourth-order valence-corrected chi connectivity index (χ4v) is 2.50. The Bertz CT molecular complexity index is 360. The van der Waals surface area contributed by atoms with E-state index in [0.717, 1.165) is 12.0 Å². The van der Waals surface area contributed by atoms with Gasteiger partial charge in [0.2, 0.25) is 4.69 Å². The molecule has 0 aromatic heterocycles. The van der Waals surface area contributed by atoms with Crippen LogP contribution in [-0.2, 0) is 6.42 Å². The Kier molecular flexibility index (Phi) is 6.49. The van der Waals surface area contributed by atoms with E-state index >= 15 is 0 Å². The van der Waals surface area contributed by atoms with Crippen molar-refractivity contribution in [2.24, 2.45) is 5.92 Å². The summed E-state index contributed by atoms with van der Waals surface area (Å²) in [4.78, 5) is 11.4. The second-order valence-corrected chi connectivity index (χ2v) is 5.46. The average molecular weight is 297 g/mol. The largest absolute Gasteiger partial charge is 0.281 e. The molecular formula is C15H21BrO. The molecule has 0 bridgehead atoms. The highest BCUT2D eigenvalue weighted by molar-refractivity contribution is 9.18. The van der Waals surface area contributed by atoms with Gasteiger partial charge in [0, 0.05) is 5.56 Å². The van der Waals surface area contributed by atoms with E-state index in [-0.39, 0.29) is 4.69 Å². The molecule has 0 aliphatic heterocycles. The lowest BCUT2D eigenvalue weighted by molar-refractivity contribution is 0.109. The minimum absolute atomic E-state index is 0.00569. The third kappa shape index (κ3) is 5.03. The second kappa shape index (κ2) is 7.65. The van der Waals surface area contributed by atoms with E-state index in [4.69, 9.17) is 0 Å². The lowest BCUT2D eigenvalue weighted by Crippen LogP contribution is -2.04. The molecule has 0 heterocycles. The summed E-state index contributed by atoms with van der Waals surface area (Å²) in [6.45, 7) is 4.49. The van der Waals surface area contributed by atoms with Crippen molar-refractivity contribution < 1.29 is 4.79 Å². The Balaban J connectivity index is 2.58. The van der Waals surface area contributed by atoms with Gasteiger partial charge in [-0.25, -0.2) is 0 Å². The van der Waals surface area contributed by atoms with Crippen molar-refractivity contribution in [2.45, 2.75) is 46.0 Å². The van der Waals surface area contributed by atoms with Crippen molar-refractivity contribution >= 4 is 20.6 Å². The lowest BCUT2D eigenvalue weighted by Gasteiger charge is -2.13. The van der Waals surface area contributed by atoms with Crippen LogP contribution in [0.1, 0.15) is 55.5 Å². The first-order valence-corrected chi connectivity index (χ1v) is 7.22. The van der Waals surface area contributed by atoms with Gasteiger partial charge in [-0.3, -0.25) is 4.79 Å². The van der Waals surface area contributed by atoms with E-state index in [1.807, 2.05) is 18.2 Å². The molecule has 2 heteroatoms. The van der Waals surface area contributed by atoms with Gasteiger partial charge in [-0.15, -0.1) is 0 Å². The van der Waals surface area contributed by atoms with Gasteiger partial charge in [-0.1, -0.05) is 63.8 Å². The molecule has 0 spiro atoms. The van der Waals surface area contributed by atoms with Crippen LogP contribution >= 0.6 is 15.9 Å². The molecule has 0 aliphatic rings. The molecule has 0 N–H and O–H groups in total. The Morgan fingerprint density at radius 1 is 1.29 bits per heavy atom. The zero-order valence-electron chi connectivity index (χ0n) is 10.7. The smallest absolute Gasteiger partial charge is 0.228 e. The summed E-state index contributed by atoms with van der Waals surface area (Å²) >= 11 is 3.05. The first-order chi connectivity index (χ1) is 8.15. The molecule has 1 atom stereocenters. The van der Waals surface area contributed by atoms with Crippen LogP contribution in [0.3, 0.4) is 0 Å². The van der Waals surface area contributed by atoms with Crippen molar-refractivity contribution in [1.82, 2.24) is 0 Å². The Hall–Kier alpha value is -0.630. The van der Waals surface area contributed by atoms with Gasteiger partial charge in [0.25, 0.3) is 0 Å². The summed E-state index contributed by atoms with van der Waals surface area (Å²) < 4.78 is -0.00569. The fourth-order valence-electron chi connectivity index (χ4n) is 2.11. The molecule has 1 unspecified atom stereocenters. The summed E-state index contributed by atoms with van der Waals surface area (Å²) in [5.74, 6) is 0.648. The zero-order valence-corrected chi connectivity index (χ0v) is 12.3. The highest BCUT2D eigenvalue weighted by Crippen LogP contribution is 2.20. The minimum atomic E-state index is -0.00569. The number of halogens is 1. The number of benzene rings is 1. The predicted molar refractivity (Wildman–Crippen MR) is 76.7 cm³/mol. The van der Waals surface area contributed by atoms with E-state index in [9.17, 15) is 4.79 Å². The first-order valence-electron chi connectivity index (χ1n) is 6.42. The van der Waals surface area contributed by atoms with Crippen molar-refractivity contribution in [3.8, 4) is 0 Å². The lowest BCUT2D eigenvalue weighted by atomic mass is 9.93. The molecule has 0 amide bonds. The van der Waals surface area contributed by atoms with Crippen LogP contribution in [-0.4, -0.2) is 4.69 Å². The van der Waals surface area contributed by atoms with Crippen molar-refractivity contribution in [1.29, 1.82) is 0 Å². The highest BCUT2D eigenvalue weighted by Gasteiger charge is 2.10. The summed E-state index contributed by atoms with van der Waals surface area (Å²) in [7, 11) is 0. The van der Waals surface area contributed by atoms with Gasteiger partial charge < -0.3 is 0 Å². The van der Waals surface area contributed by atoms with Gasteiger partial charge in [0.1, 0.15) is 0 Å². The van der Waals surface area contributed by atoms with Crippen LogP contribution in [0, 0.1) is 5.92 Å². The van der Waals surface area contributed by atoms with Crippen LogP contribution in [0.5, 0.6) is 0 Å². The third-order valence-corrected chi connectivity index (χ3v) is 3.53. The Morgan fingerprint density at radius 2 is 2.00 bits per heavy atom. The van der Waals surface area contributed by atoms with E-state index in [0.29, 0.717) is 5.92 Å². The molecule has 1 aromatic rings. The van der Waals surface area contributed by atoms with E-state index in [1.165, 1.54) is 31.2 Å². The second-order valence-electron chi connectivity index (χ2n) is 4.74. The van der Waals surface area contributed by atoms with Crippen molar-refractivity contribution in [2.75, 3.05) is 0 Å². The fraction of sp³-hybridized carbons (Fsp3) is 0.533. The Morgan fingerprint density at radius 3 is 2.65 bits per heavy atom. The Labute approximate surface area is 113 Å². The summed E-state index contributed by atoms with van der Waals surface area (Å²) in [5, 5.41) is 0. The standard InChI is InChI=1S/C15H21BrO/c1-3-4-5-8-12(2)11-13-9-6-7-10-14(13)15(16)17/h6-7,9-10,12H,3-5,8,11H2,1-2H3. The summed E-state index contributed by atoms with van der Waals surface area (Å²) in [6.07, 6.45) is 6.12. The predicted octanol–water partition coefficient (Wildman–Crippen LogP) is 4.98. The maximum absolute atomic E-state index is 11.4. The van der Waals surface area contributed by atoms with Gasteiger partial charge in [0.05, 0.1) is 0 Å². The molecule has 1 rings (SSSR count). The number of rotatable bonds is 7. The van der Waals surface area contributed by atoms with Gasteiger partial charge in [-0.05, 0) is 33.8 Å². The number of carbonyl (C=O) groups excluding carboxylic acids is 1. The molecule has 0 radical (unpaired) electrons. The molecule has 0 saturated carbocycles. The summed E-state index contributed by atoms with van der Waals surface area (Å²) in [5.41, 5.74) is 1.98. The van der Waals surface area contributed by atoms with Gasteiger partial charge in [0.15, 0.2) is 0 Å². The molecule has 0 saturated heterocycles. The molecule has 94 valence electrons. The van der Waals surface area contributed by atoms with Crippen LogP contribution in [0.2, 0.25) is 0 Å². The van der Waals surface area contributed by atoms with Crippen LogP contribution in [0.4, 0.5) is 0 Å². The normalized spacial score (nSPS) is 12.4. The first kappa shape index (κ1) is 14.4. The topological polar surface area (TPSA) is 17.1 Å². The SMILES string of the molecule is CCCCCC(C)Cc1ccccc1C(=O)Br. The number of carbonyl (C=O) groups is 1. The monoisotopic (exact) mass is 296 g/mol. The molecule has 1 aromatic carbocycles. The number of hydrogen-bond acceptors (Lipinski definition) is 1. The summed E-state index contributed by atoms with van der Waals surface area (Å²) in [6, 6.07) is 7.88. The van der Waals surface area contributed by atoms with Crippen molar-refractivity contribution in [3.05, 3.63) is 35.4 Å². The molecular weight excluding hydrogens is 276 g/mol. The number of unbranched alkanes of at least 4 members (excludes halogenated alkanes) is 2. The van der Waals surface area contributed by atoms with Crippen molar-refractivity contribution in [3.63, 3.8) is 0 Å². The van der Waals surface area contributed by atoms with Crippen LogP contribution < -0.4 is 0 Å². The minimum Gasteiger partial charge on any atom is -0.281 e. The quantitative estimate of drug-likeness (QED) is 0.512. The zero-order chi connectivity index (χ0) is 12.7. The molecule has 0 fully saturated rings. The maximum Gasteiger partial charge on any atom is 0.228 e. The third-order valence-electron chi connectivity index (χ3n) is 3.10. The number of hydrogen-bond donors (Lipinski definition) is 0. The van der Waals surface area contributed by atoms with E-state index in [2.05, 4.69) is 35.8 Å². The van der Waals surface area contributed by atoms with Crippen LogP contribution in [0.25, 0.3) is 0 Å². The maximum atomic E-state index is 11.4. The van der Waals surface area contributed by atoms with Gasteiger partial charge in [-0.2, -0.15) is 0 Å².